The van der Waals surface area contributed by atoms with Crippen molar-refractivity contribution in [3.63, 3.8) is 0 Å². The maximum Gasteiger partial charge on any atom is 0.242 e. The Morgan fingerprint density at radius 2 is 1.77 bits per heavy atom. The van der Waals surface area contributed by atoms with Gasteiger partial charge in [-0.1, -0.05) is 30.3 Å². The summed E-state index contributed by atoms with van der Waals surface area (Å²) in [7, 11) is 3.19. The van der Waals surface area contributed by atoms with Crippen LogP contribution >= 0.6 is 11.8 Å². The van der Waals surface area contributed by atoms with Gasteiger partial charge in [0.2, 0.25) is 11.8 Å². The van der Waals surface area contributed by atoms with Crippen LogP contribution in [0.5, 0.6) is 5.75 Å². The van der Waals surface area contributed by atoms with E-state index in [0.717, 1.165) is 16.2 Å². The number of benzene rings is 2. The van der Waals surface area contributed by atoms with Crippen molar-refractivity contribution in [2.75, 3.05) is 19.9 Å². The molecule has 0 saturated heterocycles. The minimum Gasteiger partial charge on any atom is -0.497 e. The number of hydrogen-bond donors (Lipinski definition) is 1. The summed E-state index contributed by atoms with van der Waals surface area (Å²) < 4.78 is 5.16. The third-order valence-corrected chi connectivity index (χ3v) is 5.03. The van der Waals surface area contributed by atoms with Crippen LogP contribution in [0.4, 0.5) is 0 Å². The van der Waals surface area contributed by atoms with Crippen LogP contribution in [0.1, 0.15) is 12.5 Å². The number of thioether (sulfide) groups is 1. The Labute approximate surface area is 158 Å². The zero-order valence-electron chi connectivity index (χ0n) is 15.3. The van der Waals surface area contributed by atoms with Crippen LogP contribution in [-0.4, -0.2) is 42.7 Å². The summed E-state index contributed by atoms with van der Waals surface area (Å²) in [5.74, 6) is 0.773. The van der Waals surface area contributed by atoms with E-state index in [9.17, 15) is 9.59 Å². The molecule has 0 saturated carbocycles. The molecule has 0 fully saturated rings. The summed E-state index contributed by atoms with van der Waals surface area (Å²) in [5.41, 5.74) is 0.944. The second-order valence-electron chi connectivity index (χ2n) is 5.76. The Morgan fingerprint density at radius 3 is 2.35 bits per heavy atom. The molecule has 2 rings (SSSR count). The molecule has 0 heterocycles. The second kappa shape index (κ2) is 9.87. The van der Waals surface area contributed by atoms with Crippen molar-refractivity contribution in [1.29, 1.82) is 0 Å². The quantitative estimate of drug-likeness (QED) is 0.724. The highest BCUT2D eigenvalue weighted by atomic mass is 32.2. The van der Waals surface area contributed by atoms with Crippen molar-refractivity contribution in [2.45, 2.75) is 24.4 Å². The number of likely N-dealkylation sites (N-methyl/N-ethyl adjacent to an activating group) is 1. The van der Waals surface area contributed by atoms with Gasteiger partial charge in [0.05, 0.1) is 12.9 Å². The van der Waals surface area contributed by atoms with Gasteiger partial charge in [0.25, 0.3) is 0 Å². The lowest BCUT2D eigenvalue weighted by Crippen LogP contribution is -2.47. The first-order chi connectivity index (χ1) is 12.5. The molecule has 138 valence electrons. The van der Waals surface area contributed by atoms with Crippen molar-refractivity contribution < 1.29 is 14.3 Å². The Morgan fingerprint density at radius 1 is 1.12 bits per heavy atom. The van der Waals surface area contributed by atoms with E-state index in [-0.39, 0.29) is 17.6 Å². The summed E-state index contributed by atoms with van der Waals surface area (Å²) in [6.45, 7) is 2.11. The second-order valence-corrected chi connectivity index (χ2v) is 6.81. The first-order valence-electron chi connectivity index (χ1n) is 8.37. The molecule has 0 bridgehead atoms. The maximum absolute atomic E-state index is 12.8. The predicted octanol–water partition coefficient (Wildman–Crippen LogP) is 2.95. The van der Waals surface area contributed by atoms with Crippen LogP contribution in [0.15, 0.2) is 59.5 Å². The summed E-state index contributed by atoms with van der Waals surface area (Å²) in [6, 6.07) is 16.7. The van der Waals surface area contributed by atoms with E-state index in [0.29, 0.717) is 6.54 Å². The van der Waals surface area contributed by atoms with E-state index in [2.05, 4.69) is 5.32 Å². The van der Waals surface area contributed by atoms with Gasteiger partial charge in [0.1, 0.15) is 11.8 Å². The van der Waals surface area contributed by atoms with Crippen molar-refractivity contribution in [3.8, 4) is 5.75 Å². The van der Waals surface area contributed by atoms with Gasteiger partial charge in [-0.25, -0.2) is 0 Å². The lowest BCUT2D eigenvalue weighted by Gasteiger charge is -2.28. The van der Waals surface area contributed by atoms with Crippen LogP contribution < -0.4 is 10.1 Å². The van der Waals surface area contributed by atoms with Crippen LogP contribution in [0, 0.1) is 0 Å². The highest BCUT2D eigenvalue weighted by Gasteiger charge is 2.25. The Hall–Kier alpha value is -2.47. The SMILES string of the molecule is CNC(=O)[C@H](C)N(Cc1ccc(OC)cc1)C(=O)CSc1ccccc1. The Bertz CT molecular complexity index is 720. The number of rotatable bonds is 8. The van der Waals surface area contributed by atoms with Crippen molar-refractivity contribution in [3.05, 3.63) is 60.2 Å². The average Bonchev–Trinajstić information content (AvgIpc) is 2.70. The molecule has 0 aromatic heterocycles. The molecule has 2 amide bonds. The molecule has 2 aromatic rings. The van der Waals surface area contributed by atoms with Crippen LogP contribution in [0.3, 0.4) is 0 Å². The number of nitrogens with zero attached hydrogens (tertiary/aromatic N) is 1. The Kier molecular flexibility index (Phi) is 7.53. The van der Waals surface area contributed by atoms with Crippen molar-refractivity contribution in [1.82, 2.24) is 10.2 Å². The Balaban J connectivity index is 2.11. The normalized spacial score (nSPS) is 11.5. The number of methoxy groups -OCH3 is 1. The summed E-state index contributed by atoms with van der Waals surface area (Å²) in [6.07, 6.45) is 0. The molecule has 26 heavy (non-hydrogen) atoms. The van der Waals surface area contributed by atoms with Gasteiger partial charge in [-0.2, -0.15) is 0 Å². The summed E-state index contributed by atoms with van der Waals surface area (Å²) in [4.78, 5) is 27.5. The van der Waals surface area contributed by atoms with Crippen LogP contribution in [-0.2, 0) is 16.1 Å². The lowest BCUT2D eigenvalue weighted by atomic mass is 10.1. The molecular formula is C20H24N2O3S. The summed E-state index contributed by atoms with van der Waals surface area (Å²) in [5, 5.41) is 2.62. The van der Waals surface area contributed by atoms with Crippen LogP contribution in [0.25, 0.3) is 0 Å². The molecule has 2 aromatic carbocycles. The molecule has 5 nitrogen and oxygen atoms in total. The molecule has 0 unspecified atom stereocenters. The number of carbonyl (C=O) groups excluding carboxylic acids is 2. The lowest BCUT2D eigenvalue weighted by molar-refractivity contribution is -0.138. The number of amides is 2. The van der Waals surface area contributed by atoms with Crippen molar-refractivity contribution in [2.24, 2.45) is 0 Å². The largest absolute Gasteiger partial charge is 0.497 e. The van der Waals surface area contributed by atoms with E-state index in [1.54, 1.807) is 26.0 Å². The summed E-state index contributed by atoms with van der Waals surface area (Å²) >= 11 is 1.47. The van der Waals surface area contributed by atoms with Gasteiger partial charge in [-0.3, -0.25) is 9.59 Å². The van der Waals surface area contributed by atoms with E-state index in [1.807, 2.05) is 54.6 Å². The number of ether oxygens (including phenoxy) is 1. The highest BCUT2D eigenvalue weighted by molar-refractivity contribution is 8.00. The third kappa shape index (κ3) is 5.52. The smallest absolute Gasteiger partial charge is 0.242 e. The standard InChI is InChI=1S/C20H24N2O3S/c1-15(20(24)21-2)22(13-16-9-11-17(25-3)12-10-16)19(23)14-26-18-7-5-4-6-8-18/h4-12,15H,13-14H2,1-3H3,(H,21,24)/t15-/m0/s1. The first kappa shape index (κ1) is 19.8. The molecule has 0 aliphatic carbocycles. The van der Waals surface area contributed by atoms with Crippen molar-refractivity contribution >= 4 is 23.6 Å². The van der Waals surface area contributed by atoms with Gasteiger partial charge in [0, 0.05) is 18.5 Å². The monoisotopic (exact) mass is 372 g/mol. The zero-order chi connectivity index (χ0) is 18.9. The molecule has 0 spiro atoms. The molecule has 0 aliphatic heterocycles. The maximum atomic E-state index is 12.8. The number of nitrogens with one attached hydrogen (secondary N) is 1. The van der Waals surface area contributed by atoms with Gasteiger partial charge < -0.3 is 15.0 Å². The molecule has 0 aliphatic rings. The molecule has 6 heteroatoms. The minimum absolute atomic E-state index is 0.0780. The predicted molar refractivity (Wildman–Crippen MR) is 104 cm³/mol. The fourth-order valence-electron chi connectivity index (χ4n) is 2.46. The fraction of sp³-hybridized carbons (Fsp3) is 0.300. The topological polar surface area (TPSA) is 58.6 Å². The van der Waals surface area contributed by atoms with E-state index >= 15 is 0 Å². The molecule has 0 radical (unpaired) electrons. The van der Waals surface area contributed by atoms with Gasteiger partial charge in [0.15, 0.2) is 0 Å². The first-order valence-corrected chi connectivity index (χ1v) is 9.35. The van der Waals surface area contributed by atoms with E-state index < -0.39 is 6.04 Å². The van der Waals surface area contributed by atoms with Gasteiger partial charge in [-0.05, 0) is 36.8 Å². The molecule has 1 N–H and O–H groups in total. The molecule has 1 atom stereocenters. The number of hydrogen-bond acceptors (Lipinski definition) is 4. The minimum atomic E-state index is -0.550. The average molecular weight is 372 g/mol. The van der Waals surface area contributed by atoms with Gasteiger partial charge >= 0.3 is 0 Å². The third-order valence-electron chi connectivity index (χ3n) is 4.03. The zero-order valence-corrected chi connectivity index (χ0v) is 16.1. The highest BCUT2D eigenvalue weighted by Crippen LogP contribution is 2.20. The number of carbonyl (C=O) groups is 2. The fourth-order valence-corrected chi connectivity index (χ4v) is 3.27. The van der Waals surface area contributed by atoms with E-state index in [4.69, 9.17) is 4.74 Å². The van der Waals surface area contributed by atoms with E-state index in [1.165, 1.54) is 11.8 Å². The molecular weight excluding hydrogens is 348 g/mol. The van der Waals surface area contributed by atoms with Crippen LogP contribution in [0.2, 0.25) is 0 Å². The van der Waals surface area contributed by atoms with Gasteiger partial charge in [-0.15, -0.1) is 11.8 Å².